The Balaban J connectivity index is 0.000000296. The monoisotopic (exact) mass is 318 g/mol. The summed E-state index contributed by atoms with van der Waals surface area (Å²) in [5.74, 6) is 1.48. The fourth-order valence-electron chi connectivity index (χ4n) is 0.857. The van der Waals surface area contributed by atoms with Crippen LogP contribution in [0.2, 0.25) is 0 Å². The first-order valence-corrected chi connectivity index (χ1v) is 6.50. The van der Waals surface area contributed by atoms with E-state index in [1.165, 1.54) is 24.5 Å². The van der Waals surface area contributed by atoms with Gasteiger partial charge in [0.1, 0.15) is 12.4 Å². The van der Waals surface area contributed by atoms with E-state index in [9.17, 15) is 0 Å². The Bertz CT molecular complexity index is 536. The van der Waals surface area contributed by atoms with E-state index >= 15 is 0 Å². The van der Waals surface area contributed by atoms with Crippen molar-refractivity contribution in [1.82, 2.24) is 0 Å². The number of aromatic nitrogens is 2. The summed E-state index contributed by atoms with van der Waals surface area (Å²) in [4.78, 5) is 5.25. The van der Waals surface area contributed by atoms with Gasteiger partial charge in [-0.1, -0.05) is 0 Å². The van der Waals surface area contributed by atoms with Gasteiger partial charge in [0, 0.05) is 22.5 Å². The van der Waals surface area contributed by atoms with Gasteiger partial charge in [-0.05, 0) is 12.1 Å². The number of aromatic hydroxyl groups is 2. The highest BCUT2D eigenvalue weighted by Crippen LogP contribution is 2.02. The predicted octanol–water partition coefficient (Wildman–Crippen LogP) is -1.76. The van der Waals surface area contributed by atoms with Crippen molar-refractivity contribution in [3.05, 3.63) is 36.7 Å². The van der Waals surface area contributed by atoms with Crippen LogP contribution in [0.25, 0.3) is 0 Å². The first-order valence-electron chi connectivity index (χ1n) is 5.17. The third-order valence-electron chi connectivity index (χ3n) is 1.64. The van der Waals surface area contributed by atoms with Crippen molar-refractivity contribution in [2.45, 2.75) is 0 Å². The van der Waals surface area contributed by atoms with Gasteiger partial charge in [-0.15, -0.1) is 0 Å². The number of nitrogens with two attached hydrogens (primary N) is 2. The smallest absolute Gasteiger partial charge is 0.270 e. The van der Waals surface area contributed by atoms with Gasteiger partial charge in [0.2, 0.25) is 0 Å². The predicted molar refractivity (Wildman–Crippen MR) is 68.6 cm³/mol. The largest absolute Gasteiger partial charge is 0.759 e. The number of rotatable bonds is 0. The maximum Gasteiger partial charge on any atom is 0.270 e. The molecule has 0 radical (unpaired) electrons. The molecule has 0 aliphatic carbocycles. The second-order valence-corrected chi connectivity index (χ2v) is 4.23. The number of hydrogen-bond acceptors (Lipinski definition) is 8. The van der Waals surface area contributed by atoms with Gasteiger partial charge < -0.3 is 19.3 Å². The highest BCUT2D eigenvalue weighted by Gasteiger charge is 1.90. The summed E-state index contributed by atoms with van der Waals surface area (Å²) in [6, 6.07) is 6.22. The van der Waals surface area contributed by atoms with Gasteiger partial charge in [0.05, 0.1) is 0 Å². The Labute approximate surface area is 120 Å². The highest BCUT2D eigenvalue weighted by atomic mass is 32.3. The zero-order chi connectivity index (χ0) is 16.5. The van der Waals surface area contributed by atoms with Gasteiger partial charge >= 0.3 is 0 Å². The maximum atomic E-state index is 8.67. The SMILES string of the molecule is Nc1ccc(O)c[nH+]1.Nc1ccc(O)c[nH+]1.O=S(=O)([O-])[O-]. The van der Waals surface area contributed by atoms with Crippen LogP contribution in [0.3, 0.4) is 0 Å². The van der Waals surface area contributed by atoms with Crippen molar-refractivity contribution < 1.29 is 37.7 Å². The molecule has 2 heterocycles. The first kappa shape index (κ1) is 18.4. The normalized spacial score (nSPS) is 9.62. The van der Waals surface area contributed by atoms with E-state index in [-0.39, 0.29) is 11.5 Å². The van der Waals surface area contributed by atoms with Crippen LogP contribution in [0.5, 0.6) is 11.5 Å². The summed E-state index contributed by atoms with van der Waals surface area (Å²) in [6.07, 6.45) is 2.85. The molecule has 0 aliphatic rings. The lowest BCUT2D eigenvalue weighted by atomic mass is 10.4. The summed E-state index contributed by atoms with van der Waals surface area (Å²) in [5, 5.41) is 17.3. The Morgan fingerprint density at radius 1 is 0.857 bits per heavy atom. The second kappa shape index (κ2) is 8.52. The molecule has 21 heavy (non-hydrogen) atoms. The van der Waals surface area contributed by atoms with Crippen molar-refractivity contribution in [1.29, 1.82) is 0 Å². The van der Waals surface area contributed by atoms with E-state index < -0.39 is 10.4 Å². The first-order chi connectivity index (χ1) is 9.58. The molecule has 0 spiro atoms. The van der Waals surface area contributed by atoms with E-state index in [0.717, 1.165) is 0 Å². The van der Waals surface area contributed by atoms with Crippen LogP contribution in [0, 0.1) is 0 Å². The van der Waals surface area contributed by atoms with Crippen LogP contribution in [0.15, 0.2) is 36.7 Å². The van der Waals surface area contributed by atoms with E-state index in [0.29, 0.717) is 11.6 Å². The molecule has 0 amide bonds. The molecule has 0 saturated heterocycles. The molecule has 10 nitrogen and oxygen atoms in total. The standard InChI is InChI=1S/2C5H6N2O.H2O4S/c2*6-5-2-1-4(8)3-7-5;1-5(2,3)4/h2*1-3,8H,(H2,6,7);(H2,1,2,3,4). The van der Waals surface area contributed by atoms with E-state index in [1.807, 2.05) is 0 Å². The lowest BCUT2D eigenvalue weighted by molar-refractivity contribution is -0.361. The zero-order valence-corrected chi connectivity index (χ0v) is 11.4. The van der Waals surface area contributed by atoms with E-state index in [2.05, 4.69) is 9.97 Å². The molecule has 2 aromatic heterocycles. The summed E-state index contributed by atoms with van der Waals surface area (Å²) >= 11 is 0. The number of pyridine rings is 2. The average Bonchev–Trinajstić information content (AvgIpc) is 2.35. The molecule has 116 valence electrons. The van der Waals surface area contributed by atoms with Gasteiger partial charge in [-0.2, -0.15) is 0 Å². The molecule has 0 atom stereocenters. The van der Waals surface area contributed by atoms with Crippen LogP contribution in [-0.2, 0) is 10.4 Å². The van der Waals surface area contributed by atoms with Gasteiger partial charge in [0.25, 0.3) is 11.6 Å². The number of aromatic amines is 2. The molecule has 0 fully saturated rings. The Kier molecular flexibility index (Phi) is 7.46. The zero-order valence-electron chi connectivity index (χ0n) is 10.6. The lowest BCUT2D eigenvalue weighted by Gasteiger charge is -2.06. The van der Waals surface area contributed by atoms with E-state index in [4.69, 9.17) is 39.2 Å². The lowest BCUT2D eigenvalue weighted by Crippen LogP contribution is -2.07. The molecule has 0 aromatic carbocycles. The van der Waals surface area contributed by atoms with Crippen LogP contribution in [0.1, 0.15) is 0 Å². The molecule has 0 saturated carbocycles. The number of H-pyrrole nitrogens is 2. The van der Waals surface area contributed by atoms with Crippen molar-refractivity contribution in [3.63, 3.8) is 0 Å². The van der Waals surface area contributed by atoms with E-state index in [1.54, 1.807) is 12.1 Å². The average molecular weight is 318 g/mol. The summed E-state index contributed by atoms with van der Waals surface area (Å²) < 4.78 is 34.1. The summed E-state index contributed by atoms with van der Waals surface area (Å²) in [6.45, 7) is 0. The van der Waals surface area contributed by atoms with Crippen LogP contribution < -0.4 is 21.4 Å². The van der Waals surface area contributed by atoms with Crippen molar-refractivity contribution in [3.8, 4) is 11.5 Å². The van der Waals surface area contributed by atoms with Crippen LogP contribution in [-0.4, -0.2) is 27.7 Å². The van der Waals surface area contributed by atoms with Crippen LogP contribution >= 0.6 is 0 Å². The minimum atomic E-state index is -5.17. The van der Waals surface area contributed by atoms with Crippen molar-refractivity contribution in [2.75, 3.05) is 11.5 Å². The molecule has 0 unspecified atom stereocenters. The van der Waals surface area contributed by atoms with Crippen LogP contribution in [0.4, 0.5) is 11.6 Å². The number of nitrogen functional groups attached to an aromatic ring is 2. The van der Waals surface area contributed by atoms with Gasteiger partial charge in [0.15, 0.2) is 11.5 Å². The fraction of sp³-hybridized carbons (Fsp3) is 0. The Morgan fingerprint density at radius 3 is 1.29 bits per heavy atom. The number of hydrogen-bond donors (Lipinski definition) is 4. The summed E-state index contributed by atoms with van der Waals surface area (Å²) in [5.41, 5.74) is 10.5. The summed E-state index contributed by atoms with van der Waals surface area (Å²) in [7, 11) is -5.17. The topological polar surface area (TPSA) is 201 Å². The van der Waals surface area contributed by atoms with Crippen molar-refractivity contribution in [2.24, 2.45) is 0 Å². The minimum Gasteiger partial charge on any atom is -0.759 e. The highest BCUT2D eigenvalue weighted by molar-refractivity contribution is 7.79. The molecule has 0 bridgehead atoms. The quantitative estimate of drug-likeness (QED) is 0.323. The molecule has 8 N–H and O–H groups in total. The third kappa shape index (κ3) is 13.6. The number of anilines is 2. The maximum absolute atomic E-state index is 8.67. The van der Waals surface area contributed by atoms with Crippen molar-refractivity contribution >= 4 is 22.0 Å². The molecule has 0 aliphatic heterocycles. The minimum absolute atomic E-state index is 0.194. The van der Waals surface area contributed by atoms with Gasteiger partial charge in [-0.25, -0.2) is 9.97 Å². The Hall–Kier alpha value is -2.63. The van der Waals surface area contributed by atoms with Gasteiger partial charge in [-0.3, -0.25) is 19.9 Å². The third-order valence-corrected chi connectivity index (χ3v) is 1.64. The molecular formula is C10H14N4O6S. The number of nitrogens with one attached hydrogen (secondary N) is 2. The molecular weight excluding hydrogens is 304 g/mol. The molecule has 2 rings (SSSR count). The second-order valence-electron chi connectivity index (χ2n) is 3.41. The molecule has 2 aromatic rings. The molecule has 11 heteroatoms. The fourth-order valence-corrected chi connectivity index (χ4v) is 0.857. The Morgan fingerprint density at radius 2 is 1.14 bits per heavy atom.